The van der Waals surface area contributed by atoms with Crippen molar-refractivity contribution in [2.24, 2.45) is 0 Å². The highest BCUT2D eigenvalue weighted by Gasteiger charge is 2.41. The van der Waals surface area contributed by atoms with E-state index in [-0.39, 0.29) is 13.2 Å². The third kappa shape index (κ3) is 1.70. The molecule has 1 fully saturated rings. The SMILES string of the molecule is C[C@@]1(CO)C[C@@H](O)[C@@H](CO)O1. The maximum absolute atomic E-state index is 9.26. The molecule has 1 aliphatic rings. The molecule has 0 bridgehead atoms. The number of hydrogen-bond acceptors (Lipinski definition) is 4. The number of aliphatic hydroxyl groups is 3. The van der Waals surface area contributed by atoms with Crippen LogP contribution >= 0.6 is 0 Å². The first kappa shape index (κ1) is 8.93. The van der Waals surface area contributed by atoms with E-state index < -0.39 is 17.8 Å². The summed E-state index contributed by atoms with van der Waals surface area (Å²) in [5, 5.41) is 26.8. The molecule has 1 heterocycles. The van der Waals surface area contributed by atoms with Crippen molar-refractivity contribution in [2.45, 2.75) is 31.2 Å². The van der Waals surface area contributed by atoms with Gasteiger partial charge in [0.05, 0.1) is 24.9 Å². The summed E-state index contributed by atoms with van der Waals surface area (Å²) in [6, 6.07) is 0. The Morgan fingerprint density at radius 1 is 1.55 bits per heavy atom. The van der Waals surface area contributed by atoms with Crippen molar-refractivity contribution in [3.05, 3.63) is 0 Å². The van der Waals surface area contributed by atoms with Crippen LogP contribution in [0.1, 0.15) is 13.3 Å². The average Bonchev–Trinajstić information content (AvgIpc) is 2.27. The van der Waals surface area contributed by atoms with Gasteiger partial charge in [-0.2, -0.15) is 0 Å². The fourth-order valence-electron chi connectivity index (χ4n) is 1.33. The zero-order valence-electron chi connectivity index (χ0n) is 6.53. The summed E-state index contributed by atoms with van der Waals surface area (Å²) in [7, 11) is 0. The predicted octanol–water partition coefficient (Wildman–Crippen LogP) is -1.12. The van der Waals surface area contributed by atoms with Crippen molar-refractivity contribution in [3.8, 4) is 0 Å². The minimum absolute atomic E-state index is 0.124. The van der Waals surface area contributed by atoms with Crippen molar-refractivity contribution in [3.63, 3.8) is 0 Å². The standard InChI is InChI=1S/C7H14O4/c1-7(4-9)2-5(10)6(3-8)11-7/h5-6,8-10H,2-4H2,1H3/t5-,6-,7+/m1/s1. The number of rotatable bonds is 2. The van der Waals surface area contributed by atoms with Crippen LogP contribution < -0.4 is 0 Å². The summed E-state index contributed by atoms with van der Waals surface area (Å²) in [6.45, 7) is 1.39. The average molecular weight is 162 g/mol. The van der Waals surface area contributed by atoms with E-state index in [0.29, 0.717) is 6.42 Å². The molecule has 3 N–H and O–H groups in total. The summed E-state index contributed by atoms with van der Waals surface area (Å²) in [4.78, 5) is 0. The molecule has 0 unspecified atom stereocenters. The van der Waals surface area contributed by atoms with Gasteiger partial charge in [0.1, 0.15) is 6.10 Å². The third-order valence-electron chi connectivity index (χ3n) is 2.02. The molecule has 1 rings (SSSR count). The third-order valence-corrected chi connectivity index (χ3v) is 2.02. The molecule has 1 aliphatic heterocycles. The lowest BCUT2D eigenvalue weighted by Gasteiger charge is -2.20. The Labute approximate surface area is 65.4 Å². The van der Waals surface area contributed by atoms with Gasteiger partial charge in [-0.25, -0.2) is 0 Å². The van der Waals surface area contributed by atoms with Crippen LogP contribution in [0, 0.1) is 0 Å². The summed E-state index contributed by atoms with van der Waals surface area (Å²) >= 11 is 0. The van der Waals surface area contributed by atoms with Gasteiger partial charge < -0.3 is 20.1 Å². The largest absolute Gasteiger partial charge is 0.394 e. The van der Waals surface area contributed by atoms with Crippen LogP contribution in [0.25, 0.3) is 0 Å². The highest BCUT2D eigenvalue weighted by Crippen LogP contribution is 2.29. The smallest absolute Gasteiger partial charge is 0.107 e. The molecule has 11 heavy (non-hydrogen) atoms. The van der Waals surface area contributed by atoms with Gasteiger partial charge in [0.15, 0.2) is 0 Å². The van der Waals surface area contributed by atoms with Gasteiger partial charge in [-0.15, -0.1) is 0 Å². The van der Waals surface area contributed by atoms with Gasteiger partial charge in [-0.1, -0.05) is 0 Å². The number of ether oxygens (including phenoxy) is 1. The molecule has 0 aromatic carbocycles. The molecule has 0 saturated carbocycles. The molecule has 4 nitrogen and oxygen atoms in total. The Hall–Kier alpha value is -0.160. The second-order valence-electron chi connectivity index (χ2n) is 3.22. The Bertz CT molecular complexity index is 138. The molecule has 0 amide bonds. The highest BCUT2D eigenvalue weighted by atomic mass is 16.6. The monoisotopic (exact) mass is 162 g/mol. The van der Waals surface area contributed by atoms with Gasteiger partial charge in [0.25, 0.3) is 0 Å². The maximum Gasteiger partial charge on any atom is 0.107 e. The number of aliphatic hydroxyl groups excluding tert-OH is 3. The zero-order valence-corrected chi connectivity index (χ0v) is 6.53. The molecule has 3 atom stereocenters. The van der Waals surface area contributed by atoms with Crippen LogP contribution in [0.15, 0.2) is 0 Å². The second kappa shape index (κ2) is 3.06. The lowest BCUT2D eigenvalue weighted by atomic mass is 10.0. The van der Waals surface area contributed by atoms with Gasteiger partial charge >= 0.3 is 0 Å². The van der Waals surface area contributed by atoms with Gasteiger partial charge in [-0.3, -0.25) is 0 Å². The van der Waals surface area contributed by atoms with Crippen LogP contribution in [0.3, 0.4) is 0 Å². The molecular weight excluding hydrogens is 148 g/mol. The fraction of sp³-hybridized carbons (Fsp3) is 1.00. The predicted molar refractivity (Wildman–Crippen MR) is 38.1 cm³/mol. The van der Waals surface area contributed by atoms with Crippen molar-refractivity contribution in [1.82, 2.24) is 0 Å². The molecule has 0 aromatic rings. The van der Waals surface area contributed by atoms with E-state index in [1.54, 1.807) is 6.92 Å². The lowest BCUT2D eigenvalue weighted by Crippen LogP contribution is -2.30. The normalized spacial score (nSPS) is 44.7. The molecule has 0 aliphatic carbocycles. The van der Waals surface area contributed by atoms with Crippen LogP contribution in [-0.2, 0) is 4.74 Å². The molecule has 1 saturated heterocycles. The van der Waals surface area contributed by atoms with E-state index in [9.17, 15) is 5.11 Å². The van der Waals surface area contributed by atoms with Gasteiger partial charge in [0, 0.05) is 6.42 Å². The Morgan fingerprint density at radius 3 is 2.45 bits per heavy atom. The van der Waals surface area contributed by atoms with E-state index in [4.69, 9.17) is 14.9 Å². The fourth-order valence-corrected chi connectivity index (χ4v) is 1.33. The van der Waals surface area contributed by atoms with E-state index in [1.807, 2.05) is 0 Å². The maximum atomic E-state index is 9.26. The first-order chi connectivity index (χ1) is 5.11. The quantitative estimate of drug-likeness (QED) is 0.481. The summed E-state index contributed by atoms with van der Waals surface area (Å²) in [6.07, 6.45) is -0.807. The number of hydrogen-bond donors (Lipinski definition) is 3. The summed E-state index contributed by atoms with van der Waals surface area (Å²) in [5.41, 5.74) is -0.674. The summed E-state index contributed by atoms with van der Waals surface area (Å²) in [5.74, 6) is 0. The Kier molecular flexibility index (Phi) is 2.49. The first-order valence-electron chi connectivity index (χ1n) is 3.69. The summed E-state index contributed by atoms with van der Waals surface area (Å²) < 4.78 is 5.21. The highest BCUT2D eigenvalue weighted by molar-refractivity contribution is 4.90. The molecular formula is C7H14O4. The lowest BCUT2D eigenvalue weighted by molar-refractivity contribution is -0.0844. The van der Waals surface area contributed by atoms with Crippen LogP contribution in [0.2, 0.25) is 0 Å². The minimum atomic E-state index is -0.674. The van der Waals surface area contributed by atoms with E-state index in [1.165, 1.54) is 0 Å². The topological polar surface area (TPSA) is 69.9 Å². The zero-order chi connectivity index (χ0) is 8.48. The van der Waals surface area contributed by atoms with Crippen molar-refractivity contribution < 1.29 is 20.1 Å². The molecule has 66 valence electrons. The van der Waals surface area contributed by atoms with Gasteiger partial charge in [-0.05, 0) is 6.92 Å². The molecule has 0 spiro atoms. The molecule has 0 aromatic heterocycles. The van der Waals surface area contributed by atoms with Crippen LogP contribution in [-0.4, -0.2) is 46.3 Å². The van der Waals surface area contributed by atoms with Crippen molar-refractivity contribution >= 4 is 0 Å². The molecule has 4 heteroatoms. The van der Waals surface area contributed by atoms with Gasteiger partial charge in [0.2, 0.25) is 0 Å². The van der Waals surface area contributed by atoms with Crippen LogP contribution in [0.4, 0.5) is 0 Å². The Balaban J connectivity index is 2.55. The van der Waals surface area contributed by atoms with Crippen molar-refractivity contribution in [2.75, 3.05) is 13.2 Å². The first-order valence-corrected chi connectivity index (χ1v) is 3.69. The van der Waals surface area contributed by atoms with E-state index in [0.717, 1.165) is 0 Å². The van der Waals surface area contributed by atoms with E-state index in [2.05, 4.69) is 0 Å². The van der Waals surface area contributed by atoms with Crippen molar-refractivity contribution in [1.29, 1.82) is 0 Å². The van der Waals surface area contributed by atoms with E-state index >= 15 is 0 Å². The minimum Gasteiger partial charge on any atom is -0.394 e. The molecule has 0 radical (unpaired) electrons. The second-order valence-corrected chi connectivity index (χ2v) is 3.22. The Morgan fingerprint density at radius 2 is 2.18 bits per heavy atom. The van der Waals surface area contributed by atoms with Crippen LogP contribution in [0.5, 0.6) is 0 Å².